The number of nitrogens with two attached hydrogens (primary N) is 1. The molecule has 1 rings (SSSR count). The number of anilines is 1. The summed E-state index contributed by atoms with van der Waals surface area (Å²) < 4.78 is 16.1. The number of hydrogen-bond donors (Lipinski definition) is 1. The SMILES string of the molecule is CO[Si](CCCc1ccc(N)cc1)(OC)OC. The summed E-state index contributed by atoms with van der Waals surface area (Å²) in [4.78, 5) is 0. The zero-order valence-corrected chi connectivity index (χ0v) is 11.7. The molecule has 0 atom stereocenters. The van der Waals surface area contributed by atoms with Crippen molar-refractivity contribution in [2.24, 2.45) is 0 Å². The fraction of sp³-hybridized carbons (Fsp3) is 0.500. The predicted octanol–water partition coefficient (Wildman–Crippen LogP) is 2.08. The van der Waals surface area contributed by atoms with Gasteiger partial charge in [-0.1, -0.05) is 12.1 Å². The lowest BCUT2D eigenvalue weighted by atomic mass is 10.1. The van der Waals surface area contributed by atoms with Crippen molar-refractivity contribution < 1.29 is 13.3 Å². The van der Waals surface area contributed by atoms with Gasteiger partial charge in [-0.05, 0) is 30.5 Å². The molecule has 0 bridgehead atoms. The van der Waals surface area contributed by atoms with E-state index in [9.17, 15) is 0 Å². The van der Waals surface area contributed by atoms with Crippen molar-refractivity contribution in [2.75, 3.05) is 27.1 Å². The third-order valence-corrected chi connectivity index (χ3v) is 5.69. The Hall–Kier alpha value is -0.883. The van der Waals surface area contributed by atoms with E-state index in [4.69, 9.17) is 19.0 Å². The number of rotatable bonds is 7. The van der Waals surface area contributed by atoms with Crippen LogP contribution in [-0.2, 0) is 19.7 Å². The Morgan fingerprint density at radius 2 is 1.53 bits per heavy atom. The van der Waals surface area contributed by atoms with Gasteiger partial charge in [-0.3, -0.25) is 0 Å². The van der Waals surface area contributed by atoms with Crippen molar-refractivity contribution in [1.82, 2.24) is 0 Å². The molecule has 1 aromatic carbocycles. The van der Waals surface area contributed by atoms with Crippen LogP contribution >= 0.6 is 0 Å². The van der Waals surface area contributed by atoms with E-state index in [-0.39, 0.29) is 0 Å². The molecule has 0 spiro atoms. The van der Waals surface area contributed by atoms with Gasteiger partial charge in [0.15, 0.2) is 0 Å². The summed E-state index contributed by atoms with van der Waals surface area (Å²) in [6.45, 7) is 0. The number of nitrogen functional groups attached to an aromatic ring is 1. The third-order valence-electron chi connectivity index (χ3n) is 2.86. The number of benzene rings is 1. The lowest BCUT2D eigenvalue weighted by Crippen LogP contribution is -2.42. The first-order valence-corrected chi connectivity index (χ1v) is 7.59. The molecule has 0 saturated heterocycles. The summed E-state index contributed by atoms with van der Waals surface area (Å²) in [5.41, 5.74) is 7.70. The normalized spacial score (nSPS) is 11.7. The molecule has 5 heteroatoms. The molecule has 0 aliphatic rings. The molecule has 0 saturated carbocycles. The second kappa shape index (κ2) is 6.76. The van der Waals surface area contributed by atoms with Crippen LogP contribution in [0.3, 0.4) is 0 Å². The zero-order chi connectivity index (χ0) is 12.7. The molecule has 0 aliphatic carbocycles. The predicted molar refractivity (Wildman–Crippen MR) is 70.8 cm³/mol. The van der Waals surface area contributed by atoms with E-state index >= 15 is 0 Å². The van der Waals surface area contributed by atoms with E-state index in [1.165, 1.54) is 5.56 Å². The largest absolute Gasteiger partial charge is 0.500 e. The lowest BCUT2D eigenvalue weighted by Gasteiger charge is -2.24. The van der Waals surface area contributed by atoms with Gasteiger partial charge < -0.3 is 19.0 Å². The highest BCUT2D eigenvalue weighted by Gasteiger charge is 2.36. The van der Waals surface area contributed by atoms with Crippen LogP contribution in [-0.4, -0.2) is 30.1 Å². The summed E-state index contributed by atoms with van der Waals surface area (Å²) >= 11 is 0. The van der Waals surface area contributed by atoms with Gasteiger partial charge in [0, 0.05) is 33.1 Å². The topological polar surface area (TPSA) is 53.7 Å². The highest BCUT2D eigenvalue weighted by atomic mass is 28.4. The van der Waals surface area contributed by atoms with Crippen LogP contribution < -0.4 is 5.73 Å². The Labute approximate surface area is 104 Å². The van der Waals surface area contributed by atoms with Crippen molar-refractivity contribution in [1.29, 1.82) is 0 Å². The fourth-order valence-corrected chi connectivity index (χ4v) is 3.47. The van der Waals surface area contributed by atoms with Gasteiger partial charge in [0.2, 0.25) is 0 Å². The van der Waals surface area contributed by atoms with E-state index < -0.39 is 8.80 Å². The van der Waals surface area contributed by atoms with E-state index in [0.29, 0.717) is 0 Å². The van der Waals surface area contributed by atoms with E-state index in [1.807, 2.05) is 24.3 Å². The standard InChI is InChI=1S/C12H21NO3Si/c1-14-17(15-2,16-3)10-4-5-11-6-8-12(13)9-7-11/h6-9H,4-5,10,13H2,1-3H3. The maximum atomic E-state index is 5.64. The average molecular weight is 255 g/mol. The second-order valence-corrected chi connectivity index (χ2v) is 6.98. The molecular formula is C12H21NO3Si. The zero-order valence-electron chi connectivity index (χ0n) is 10.7. The summed E-state index contributed by atoms with van der Waals surface area (Å²) in [6, 6.07) is 8.75. The molecule has 0 aromatic heterocycles. The van der Waals surface area contributed by atoms with Crippen molar-refractivity contribution in [3.05, 3.63) is 29.8 Å². The van der Waals surface area contributed by atoms with Crippen LogP contribution in [0.15, 0.2) is 24.3 Å². The number of hydrogen-bond acceptors (Lipinski definition) is 4. The van der Waals surface area contributed by atoms with Crippen LogP contribution in [0.5, 0.6) is 0 Å². The highest BCUT2D eigenvalue weighted by Crippen LogP contribution is 2.17. The molecule has 0 aliphatic heterocycles. The summed E-state index contributed by atoms with van der Waals surface area (Å²) in [6.07, 6.45) is 1.96. The Morgan fingerprint density at radius 3 is 2.00 bits per heavy atom. The van der Waals surface area contributed by atoms with E-state index in [2.05, 4.69) is 0 Å². The van der Waals surface area contributed by atoms with Gasteiger partial charge >= 0.3 is 8.80 Å². The summed E-state index contributed by atoms with van der Waals surface area (Å²) in [7, 11) is 2.52. The molecule has 0 heterocycles. The van der Waals surface area contributed by atoms with Crippen molar-refractivity contribution in [3.8, 4) is 0 Å². The molecule has 96 valence electrons. The van der Waals surface area contributed by atoms with Crippen LogP contribution in [0.4, 0.5) is 5.69 Å². The van der Waals surface area contributed by atoms with Gasteiger partial charge in [0.1, 0.15) is 0 Å². The van der Waals surface area contributed by atoms with Crippen LogP contribution in [0.2, 0.25) is 6.04 Å². The lowest BCUT2D eigenvalue weighted by molar-refractivity contribution is 0.123. The van der Waals surface area contributed by atoms with Crippen LogP contribution in [0.25, 0.3) is 0 Å². The Balaban J connectivity index is 2.43. The fourth-order valence-electron chi connectivity index (χ4n) is 1.75. The Kier molecular flexibility index (Phi) is 5.63. The van der Waals surface area contributed by atoms with Crippen LogP contribution in [0, 0.1) is 0 Å². The Bertz CT molecular complexity index is 317. The Morgan fingerprint density at radius 1 is 1.00 bits per heavy atom. The first-order chi connectivity index (χ1) is 8.15. The van der Waals surface area contributed by atoms with Crippen molar-refractivity contribution >= 4 is 14.5 Å². The minimum Gasteiger partial charge on any atom is -0.399 e. The smallest absolute Gasteiger partial charge is 0.399 e. The molecular weight excluding hydrogens is 234 g/mol. The maximum Gasteiger partial charge on any atom is 0.500 e. The van der Waals surface area contributed by atoms with Crippen molar-refractivity contribution in [3.63, 3.8) is 0 Å². The van der Waals surface area contributed by atoms with Gasteiger partial charge in [-0.2, -0.15) is 0 Å². The molecule has 0 unspecified atom stereocenters. The average Bonchev–Trinajstić information content (AvgIpc) is 2.38. The van der Waals surface area contributed by atoms with E-state index in [1.54, 1.807) is 21.3 Å². The van der Waals surface area contributed by atoms with Crippen molar-refractivity contribution in [2.45, 2.75) is 18.9 Å². The molecule has 2 N–H and O–H groups in total. The molecule has 0 fully saturated rings. The molecule has 0 radical (unpaired) electrons. The second-order valence-electron chi connectivity index (χ2n) is 3.89. The van der Waals surface area contributed by atoms with E-state index in [0.717, 1.165) is 24.6 Å². The molecule has 4 nitrogen and oxygen atoms in total. The summed E-state index contributed by atoms with van der Waals surface area (Å²) in [5, 5.41) is 0. The third kappa shape index (κ3) is 4.12. The monoisotopic (exact) mass is 255 g/mol. The van der Waals surface area contributed by atoms with Gasteiger partial charge in [-0.25, -0.2) is 0 Å². The van der Waals surface area contributed by atoms with Gasteiger partial charge in [0.25, 0.3) is 0 Å². The molecule has 0 amide bonds. The first-order valence-electron chi connectivity index (χ1n) is 5.65. The minimum absolute atomic E-state index is 0.795. The minimum atomic E-state index is -2.41. The molecule has 1 aromatic rings. The van der Waals surface area contributed by atoms with Gasteiger partial charge in [0.05, 0.1) is 0 Å². The first kappa shape index (κ1) is 14.2. The summed E-state index contributed by atoms with van der Waals surface area (Å²) in [5.74, 6) is 0. The quantitative estimate of drug-likeness (QED) is 0.598. The van der Waals surface area contributed by atoms with Crippen LogP contribution in [0.1, 0.15) is 12.0 Å². The highest BCUT2D eigenvalue weighted by molar-refractivity contribution is 6.60. The maximum absolute atomic E-state index is 5.64. The molecule has 17 heavy (non-hydrogen) atoms. The van der Waals surface area contributed by atoms with Gasteiger partial charge in [-0.15, -0.1) is 0 Å². The number of aryl methyl sites for hydroxylation is 1.